The molecular formula is C14H25NO3. The molecule has 4 nitrogen and oxygen atoms in total. The number of hydrogen-bond donors (Lipinski definition) is 2. The van der Waals surface area contributed by atoms with Gasteiger partial charge in [0.25, 0.3) is 0 Å². The summed E-state index contributed by atoms with van der Waals surface area (Å²) in [6.07, 6.45) is 6.23. The van der Waals surface area contributed by atoms with Crippen LogP contribution in [0.3, 0.4) is 0 Å². The van der Waals surface area contributed by atoms with Crippen molar-refractivity contribution >= 4 is 5.97 Å². The van der Waals surface area contributed by atoms with Crippen molar-refractivity contribution in [3.05, 3.63) is 0 Å². The van der Waals surface area contributed by atoms with Crippen molar-refractivity contribution in [3.8, 4) is 0 Å². The van der Waals surface area contributed by atoms with Crippen LogP contribution in [0.15, 0.2) is 0 Å². The summed E-state index contributed by atoms with van der Waals surface area (Å²) >= 11 is 0. The van der Waals surface area contributed by atoms with Gasteiger partial charge in [0.05, 0.1) is 11.5 Å². The summed E-state index contributed by atoms with van der Waals surface area (Å²) in [6.45, 7) is 4.03. The van der Waals surface area contributed by atoms with Crippen LogP contribution in [0.5, 0.6) is 0 Å². The smallest absolute Gasteiger partial charge is 0.306 e. The minimum atomic E-state index is -0.705. The number of β-amino-alcohol motifs (C(OH)–C–C–N with tert-alkyl or cyclic N) is 1. The van der Waals surface area contributed by atoms with E-state index >= 15 is 0 Å². The minimum absolute atomic E-state index is 0.246. The Balaban J connectivity index is 1.87. The number of piperidine rings is 1. The summed E-state index contributed by atoms with van der Waals surface area (Å²) in [5, 5.41) is 19.6. The highest BCUT2D eigenvalue weighted by Crippen LogP contribution is 2.34. The number of carbonyl (C=O) groups is 1. The van der Waals surface area contributed by atoms with Crippen LogP contribution in [0.2, 0.25) is 0 Å². The first-order valence-corrected chi connectivity index (χ1v) is 7.19. The van der Waals surface area contributed by atoms with Gasteiger partial charge in [0.1, 0.15) is 0 Å². The summed E-state index contributed by atoms with van der Waals surface area (Å²) in [5.74, 6) is -0.951. The van der Waals surface area contributed by atoms with E-state index in [4.69, 9.17) is 5.11 Å². The topological polar surface area (TPSA) is 60.8 Å². The number of hydrogen-bond acceptors (Lipinski definition) is 3. The molecule has 1 atom stereocenters. The predicted molar refractivity (Wildman–Crippen MR) is 69.4 cm³/mol. The van der Waals surface area contributed by atoms with Crippen molar-refractivity contribution in [1.82, 2.24) is 4.90 Å². The molecular weight excluding hydrogens is 230 g/mol. The van der Waals surface area contributed by atoms with Gasteiger partial charge < -0.3 is 10.2 Å². The van der Waals surface area contributed by atoms with Crippen molar-refractivity contribution in [2.75, 3.05) is 13.1 Å². The molecule has 1 unspecified atom stereocenters. The summed E-state index contributed by atoms with van der Waals surface area (Å²) < 4.78 is 0. The van der Waals surface area contributed by atoms with Gasteiger partial charge in [-0.3, -0.25) is 9.69 Å². The molecule has 1 saturated heterocycles. The molecule has 2 fully saturated rings. The maximum absolute atomic E-state index is 10.9. The molecule has 2 rings (SSSR count). The van der Waals surface area contributed by atoms with Gasteiger partial charge in [-0.25, -0.2) is 0 Å². The SMILES string of the molecule is CC1CCCCN1CC1(O)CCC(C(=O)O)CC1. The molecule has 1 aliphatic carbocycles. The van der Waals surface area contributed by atoms with Crippen LogP contribution in [-0.2, 0) is 4.79 Å². The Morgan fingerprint density at radius 1 is 1.28 bits per heavy atom. The molecule has 2 aliphatic rings. The monoisotopic (exact) mass is 255 g/mol. The molecule has 2 N–H and O–H groups in total. The lowest BCUT2D eigenvalue weighted by molar-refractivity contribution is -0.145. The number of nitrogens with zero attached hydrogens (tertiary/aromatic N) is 1. The highest BCUT2D eigenvalue weighted by Gasteiger charge is 2.38. The molecule has 1 aliphatic heterocycles. The number of carboxylic acid groups (broad SMARTS) is 1. The lowest BCUT2D eigenvalue weighted by atomic mass is 9.78. The third kappa shape index (κ3) is 3.23. The van der Waals surface area contributed by atoms with E-state index in [9.17, 15) is 9.90 Å². The van der Waals surface area contributed by atoms with Gasteiger partial charge >= 0.3 is 5.97 Å². The van der Waals surface area contributed by atoms with Gasteiger partial charge in [-0.2, -0.15) is 0 Å². The Morgan fingerprint density at radius 3 is 2.50 bits per heavy atom. The van der Waals surface area contributed by atoms with E-state index in [0.717, 1.165) is 13.1 Å². The fourth-order valence-corrected chi connectivity index (χ4v) is 3.33. The predicted octanol–water partition coefficient (Wildman–Crippen LogP) is 1.87. The largest absolute Gasteiger partial charge is 0.481 e. The van der Waals surface area contributed by atoms with Gasteiger partial charge in [0.15, 0.2) is 0 Å². The zero-order valence-electron chi connectivity index (χ0n) is 11.3. The molecule has 1 heterocycles. The number of aliphatic carboxylic acids is 1. The summed E-state index contributed by atoms with van der Waals surface area (Å²) in [6, 6.07) is 0.556. The summed E-state index contributed by atoms with van der Waals surface area (Å²) in [5.41, 5.74) is -0.655. The van der Waals surface area contributed by atoms with Crippen LogP contribution in [-0.4, -0.2) is 45.8 Å². The normalized spacial score (nSPS) is 38.6. The lowest BCUT2D eigenvalue weighted by Crippen LogP contribution is -2.50. The first kappa shape index (κ1) is 13.8. The Labute approximate surface area is 109 Å². The number of carboxylic acids is 1. The van der Waals surface area contributed by atoms with Gasteiger partial charge in [-0.1, -0.05) is 6.42 Å². The number of aliphatic hydroxyl groups is 1. The standard InChI is InChI=1S/C14H25NO3/c1-11-4-2-3-9-15(11)10-14(18)7-5-12(6-8-14)13(16)17/h11-12,18H,2-10H2,1H3,(H,16,17). The molecule has 0 aromatic rings. The van der Waals surface area contributed by atoms with E-state index in [2.05, 4.69) is 11.8 Å². The van der Waals surface area contributed by atoms with Crippen molar-refractivity contribution in [2.45, 2.75) is 63.5 Å². The summed E-state index contributed by atoms with van der Waals surface area (Å²) in [4.78, 5) is 13.3. The molecule has 0 bridgehead atoms. The van der Waals surface area contributed by atoms with Crippen molar-refractivity contribution < 1.29 is 15.0 Å². The van der Waals surface area contributed by atoms with E-state index in [0.29, 0.717) is 31.7 Å². The summed E-state index contributed by atoms with van der Waals surface area (Å²) in [7, 11) is 0. The maximum Gasteiger partial charge on any atom is 0.306 e. The maximum atomic E-state index is 10.9. The fraction of sp³-hybridized carbons (Fsp3) is 0.929. The quantitative estimate of drug-likeness (QED) is 0.808. The van der Waals surface area contributed by atoms with Crippen LogP contribution in [0.25, 0.3) is 0 Å². The van der Waals surface area contributed by atoms with E-state index in [1.165, 1.54) is 19.3 Å². The Morgan fingerprint density at radius 2 is 1.94 bits per heavy atom. The Kier molecular flexibility index (Phi) is 4.28. The minimum Gasteiger partial charge on any atom is -0.481 e. The molecule has 0 radical (unpaired) electrons. The molecule has 18 heavy (non-hydrogen) atoms. The van der Waals surface area contributed by atoms with E-state index in [1.807, 2.05) is 0 Å². The lowest BCUT2D eigenvalue weighted by Gasteiger charge is -2.42. The number of rotatable bonds is 3. The van der Waals surface area contributed by atoms with Crippen LogP contribution in [0.4, 0.5) is 0 Å². The van der Waals surface area contributed by atoms with Crippen LogP contribution >= 0.6 is 0 Å². The molecule has 0 amide bonds. The van der Waals surface area contributed by atoms with Crippen molar-refractivity contribution in [2.24, 2.45) is 5.92 Å². The number of likely N-dealkylation sites (tertiary alicyclic amines) is 1. The van der Waals surface area contributed by atoms with E-state index in [-0.39, 0.29) is 5.92 Å². The second-order valence-electron chi connectivity index (χ2n) is 6.15. The second-order valence-corrected chi connectivity index (χ2v) is 6.15. The molecule has 0 spiro atoms. The average molecular weight is 255 g/mol. The van der Waals surface area contributed by atoms with Crippen LogP contribution < -0.4 is 0 Å². The highest BCUT2D eigenvalue weighted by molar-refractivity contribution is 5.70. The third-order valence-electron chi connectivity index (χ3n) is 4.70. The molecule has 104 valence electrons. The fourth-order valence-electron chi connectivity index (χ4n) is 3.33. The Bertz CT molecular complexity index is 297. The zero-order chi connectivity index (χ0) is 13.2. The van der Waals surface area contributed by atoms with E-state index < -0.39 is 11.6 Å². The van der Waals surface area contributed by atoms with Gasteiger partial charge in [-0.15, -0.1) is 0 Å². The second kappa shape index (κ2) is 5.57. The average Bonchev–Trinajstić information content (AvgIpc) is 2.32. The zero-order valence-corrected chi connectivity index (χ0v) is 11.3. The first-order valence-electron chi connectivity index (χ1n) is 7.19. The van der Waals surface area contributed by atoms with Crippen LogP contribution in [0.1, 0.15) is 51.9 Å². The first-order chi connectivity index (χ1) is 8.50. The van der Waals surface area contributed by atoms with Crippen LogP contribution in [0, 0.1) is 5.92 Å². The van der Waals surface area contributed by atoms with E-state index in [1.54, 1.807) is 0 Å². The van der Waals surface area contributed by atoms with Gasteiger partial charge in [0.2, 0.25) is 0 Å². The van der Waals surface area contributed by atoms with Gasteiger partial charge in [0, 0.05) is 12.6 Å². The third-order valence-corrected chi connectivity index (χ3v) is 4.70. The molecule has 1 saturated carbocycles. The molecule has 0 aromatic carbocycles. The van der Waals surface area contributed by atoms with Crippen molar-refractivity contribution in [1.29, 1.82) is 0 Å². The van der Waals surface area contributed by atoms with Crippen molar-refractivity contribution in [3.63, 3.8) is 0 Å². The molecule has 4 heteroatoms. The highest BCUT2D eigenvalue weighted by atomic mass is 16.4. The van der Waals surface area contributed by atoms with Gasteiger partial charge in [-0.05, 0) is 52.0 Å². The molecule has 0 aromatic heterocycles. The Hall–Kier alpha value is -0.610.